The third-order valence-electron chi connectivity index (χ3n) is 3.52. The van der Waals surface area contributed by atoms with Crippen LogP contribution in [0.25, 0.3) is 0 Å². The molecule has 0 saturated heterocycles. The van der Waals surface area contributed by atoms with Crippen LogP contribution in [0.2, 0.25) is 0 Å². The highest BCUT2D eigenvalue weighted by Gasteiger charge is 2.33. The van der Waals surface area contributed by atoms with Crippen molar-refractivity contribution in [3.05, 3.63) is 11.3 Å². The summed E-state index contributed by atoms with van der Waals surface area (Å²) in [4.78, 5) is 24.1. The van der Waals surface area contributed by atoms with Crippen molar-refractivity contribution in [2.45, 2.75) is 46.3 Å². The van der Waals surface area contributed by atoms with E-state index >= 15 is 0 Å². The minimum atomic E-state index is -1.09. The lowest BCUT2D eigenvalue weighted by atomic mass is 9.90. The molecule has 0 fully saturated rings. The molecule has 1 amide bonds. The number of amides is 1. The molecule has 1 aromatic rings. The Morgan fingerprint density at radius 2 is 2.05 bits per heavy atom. The van der Waals surface area contributed by atoms with Gasteiger partial charge < -0.3 is 20.3 Å². The van der Waals surface area contributed by atoms with Crippen molar-refractivity contribution in [2.75, 3.05) is 5.73 Å². The topological polar surface area (TPSA) is 131 Å². The zero-order chi connectivity index (χ0) is 17.1. The number of aryl methyl sites for hydroxylation is 1. The number of hydrogen-bond acceptors (Lipinski definition) is 7. The lowest BCUT2D eigenvalue weighted by Crippen LogP contribution is -2.52. The van der Waals surface area contributed by atoms with E-state index < -0.39 is 23.5 Å². The normalized spacial score (nSPS) is 14.8. The molecule has 0 aromatic carbocycles. The van der Waals surface area contributed by atoms with Crippen molar-refractivity contribution in [1.29, 1.82) is 5.26 Å². The molecule has 2 atom stereocenters. The van der Waals surface area contributed by atoms with Crippen molar-refractivity contribution in [3.8, 4) is 6.07 Å². The number of aromatic nitrogens is 1. The maximum Gasteiger partial charge on any atom is 0.346 e. The Labute approximate surface area is 128 Å². The summed E-state index contributed by atoms with van der Waals surface area (Å²) in [6.45, 7) is 8.16. The number of nitrogens with two attached hydrogens (primary N) is 1. The van der Waals surface area contributed by atoms with E-state index in [2.05, 4.69) is 15.0 Å². The minimum Gasteiger partial charge on any atom is -0.449 e. The van der Waals surface area contributed by atoms with Crippen LogP contribution < -0.4 is 11.1 Å². The third-order valence-corrected chi connectivity index (χ3v) is 3.52. The highest BCUT2D eigenvalue weighted by Crippen LogP contribution is 2.18. The molecular formula is C14H20N4O4. The molecule has 0 aliphatic heterocycles. The Morgan fingerprint density at radius 1 is 1.45 bits per heavy atom. The van der Waals surface area contributed by atoms with E-state index in [4.69, 9.17) is 10.5 Å². The van der Waals surface area contributed by atoms with Crippen LogP contribution in [0.3, 0.4) is 0 Å². The summed E-state index contributed by atoms with van der Waals surface area (Å²) < 4.78 is 9.72. The molecule has 0 bridgehead atoms. The highest BCUT2D eigenvalue weighted by atomic mass is 16.5. The average molecular weight is 308 g/mol. The van der Waals surface area contributed by atoms with E-state index in [1.54, 1.807) is 20.8 Å². The van der Waals surface area contributed by atoms with E-state index in [0.29, 0.717) is 0 Å². The van der Waals surface area contributed by atoms with Crippen molar-refractivity contribution in [3.63, 3.8) is 0 Å². The van der Waals surface area contributed by atoms with Crippen LogP contribution in [0.4, 0.5) is 5.88 Å². The van der Waals surface area contributed by atoms with E-state index in [1.165, 1.54) is 13.8 Å². The molecule has 0 aliphatic carbocycles. The fourth-order valence-corrected chi connectivity index (χ4v) is 1.57. The van der Waals surface area contributed by atoms with Gasteiger partial charge in [0.25, 0.3) is 5.91 Å². The zero-order valence-corrected chi connectivity index (χ0v) is 13.3. The number of esters is 1. The first-order valence-corrected chi connectivity index (χ1v) is 6.78. The molecule has 1 rings (SSSR count). The number of ether oxygens (including phenoxy) is 1. The van der Waals surface area contributed by atoms with Gasteiger partial charge in [0, 0.05) is 0 Å². The van der Waals surface area contributed by atoms with Crippen LogP contribution in [-0.4, -0.2) is 28.7 Å². The summed E-state index contributed by atoms with van der Waals surface area (Å²) in [7, 11) is 0. The summed E-state index contributed by atoms with van der Waals surface area (Å²) >= 11 is 0. The van der Waals surface area contributed by atoms with Gasteiger partial charge in [-0.05, 0) is 26.7 Å². The van der Waals surface area contributed by atoms with Crippen molar-refractivity contribution in [2.24, 2.45) is 5.92 Å². The van der Waals surface area contributed by atoms with Crippen molar-refractivity contribution in [1.82, 2.24) is 10.5 Å². The van der Waals surface area contributed by atoms with Crippen LogP contribution >= 0.6 is 0 Å². The van der Waals surface area contributed by atoms with E-state index in [9.17, 15) is 14.9 Å². The molecule has 3 N–H and O–H groups in total. The van der Waals surface area contributed by atoms with Gasteiger partial charge in [-0.3, -0.25) is 4.79 Å². The largest absolute Gasteiger partial charge is 0.449 e. The van der Waals surface area contributed by atoms with Crippen LogP contribution in [0.5, 0.6) is 0 Å². The second-order valence-electron chi connectivity index (χ2n) is 5.51. The number of carbonyl (C=O) groups excluding carboxylic acids is 2. The molecule has 0 radical (unpaired) electrons. The summed E-state index contributed by atoms with van der Waals surface area (Å²) in [6, 6.07) is 2.05. The maximum atomic E-state index is 12.1. The SMILES string of the molecule is Cc1noc(N)c1C(=O)OC(C)C(=O)NC(C)(C#N)C(C)C. The lowest BCUT2D eigenvalue weighted by molar-refractivity contribution is -0.130. The quantitative estimate of drug-likeness (QED) is 0.780. The third kappa shape index (κ3) is 3.55. The predicted octanol–water partition coefficient (Wildman–Crippen LogP) is 1.16. The van der Waals surface area contributed by atoms with Gasteiger partial charge in [-0.25, -0.2) is 4.79 Å². The lowest BCUT2D eigenvalue weighted by Gasteiger charge is -2.28. The molecule has 1 heterocycles. The van der Waals surface area contributed by atoms with E-state index in [0.717, 1.165) is 0 Å². The average Bonchev–Trinajstić information content (AvgIpc) is 2.77. The number of anilines is 1. The molecule has 1 aromatic heterocycles. The number of nitrogens with zero attached hydrogens (tertiary/aromatic N) is 2. The number of carbonyl (C=O) groups is 2. The van der Waals surface area contributed by atoms with Crippen molar-refractivity contribution >= 4 is 17.8 Å². The van der Waals surface area contributed by atoms with E-state index in [1.807, 2.05) is 6.07 Å². The van der Waals surface area contributed by atoms with Gasteiger partial charge in [-0.15, -0.1) is 0 Å². The van der Waals surface area contributed by atoms with Gasteiger partial charge in [0.05, 0.1) is 11.8 Å². The fourth-order valence-electron chi connectivity index (χ4n) is 1.57. The second kappa shape index (κ2) is 6.47. The molecule has 2 unspecified atom stereocenters. The predicted molar refractivity (Wildman–Crippen MR) is 77.5 cm³/mol. The van der Waals surface area contributed by atoms with Gasteiger partial charge in [-0.2, -0.15) is 5.26 Å². The van der Waals surface area contributed by atoms with E-state index in [-0.39, 0.29) is 23.1 Å². The Bertz CT molecular complexity index is 597. The Balaban J connectivity index is 2.77. The molecule has 120 valence electrons. The molecule has 22 heavy (non-hydrogen) atoms. The summed E-state index contributed by atoms with van der Waals surface area (Å²) in [5.74, 6) is -1.65. The first kappa shape index (κ1) is 17.5. The van der Waals surface area contributed by atoms with Crippen LogP contribution in [0.1, 0.15) is 43.7 Å². The van der Waals surface area contributed by atoms with Gasteiger partial charge in [-0.1, -0.05) is 19.0 Å². The molecule has 0 saturated carbocycles. The summed E-state index contributed by atoms with van der Waals surface area (Å²) in [6.07, 6.45) is -1.09. The maximum absolute atomic E-state index is 12.1. The van der Waals surface area contributed by atoms with Crippen LogP contribution in [-0.2, 0) is 9.53 Å². The highest BCUT2D eigenvalue weighted by molar-refractivity contribution is 5.96. The zero-order valence-electron chi connectivity index (χ0n) is 13.3. The minimum absolute atomic E-state index is 0.00782. The van der Waals surface area contributed by atoms with Gasteiger partial charge in [0.2, 0.25) is 5.88 Å². The van der Waals surface area contributed by atoms with Crippen LogP contribution in [0, 0.1) is 24.2 Å². The Hall–Kier alpha value is -2.56. The Morgan fingerprint density at radius 3 is 2.45 bits per heavy atom. The van der Waals surface area contributed by atoms with Crippen LogP contribution in [0.15, 0.2) is 4.52 Å². The molecule has 8 nitrogen and oxygen atoms in total. The van der Waals surface area contributed by atoms with Gasteiger partial charge >= 0.3 is 5.97 Å². The number of nitriles is 1. The molecule has 8 heteroatoms. The fraction of sp³-hybridized carbons (Fsp3) is 0.571. The number of nitrogen functional groups attached to an aromatic ring is 1. The summed E-state index contributed by atoms with van der Waals surface area (Å²) in [5.41, 5.74) is 4.70. The van der Waals surface area contributed by atoms with Gasteiger partial charge in [0.15, 0.2) is 6.10 Å². The Kier molecular flexibility index (Phi) is 5.14. The number of rotatable bonds is 5. The monoisotopic (exact) mass is 308 g/mol. The second-order valence-corrected chi connectivity index (χ2v) is 5.51. The summed E-state index contributed by atoms with van der Waals surface area (Å²) in [5, 5.41) is 15.3. The molecule has 0 aliphatic rings. The van der Waals surface area contributed by atoms with Gasteiger partial charge in [0.1, 0.15) is 11.1 Å². The first-order valence-electron chi connectivity index (χ1n) is 6.78. The first-order chi connectivity index (χ1) is 10.1. The standard InChI is InChI=1S/C14H20N4O4/c1-7(2)14(5,6-15)17-12(19)9(4)21-13(20)10-8(3)18-22-11(10)16/h7,9H,16H2,1-5H3,(H,17,19). The van der Waals surface area contributed by atoms with Crippen molar-refractivity contribution < 1.29 is 18.8 Å². The molecule has 0 spiro atoms. The smallest absolute Gasteiger partial charge is 0.346 e. The number of nitrogens with one attached hydrogen (secondary N) is 1. The number of hydrogen-bond donors (Lipinski definition) is 2. The molecular weight excluding hydrogens is 288 g/mol.